The highest BCUT2D eigenvalue weighted by molar-refractivity contribution is 4.84. The SMILES string of the molecule is CC(C)OCCc1nc(CN)no1. The average molecular weight is 185 g/mol. The van der Waals surface area contributed by atoms with Crippen molar-refractivity contribution in [3.8, 4) is 0 Å². The zero-order chi connectivity index (χ0) is 9.68. The third-order valence-corrected chi connectivity index (χ3v) is 1.46. The van der Waals surface area contributed by atoms with E-state index in [0.29, 0.717) is 31.3 Å². The third-order valence-electron chi connectivity index (χ3n) is 1.46. The first-order valence-electron chi connectivity index (χ1n) is 4.35. The molecule has 0 radical (unpaired) electrons. The predicted molar refractivity (Wildman–Crippen MR) is 47.0 cm³/mol. The number of nitrogens with two attached hydrogens (primary N) is 1. The second-order valence-electron chi connectivity index (χ2n) is 2.98. The van der Waals surface area contributed by atoms with Crippen molar-refractivity contribution in [3.05, 3.63) is 11.7 Å². The molecule has 1 aromatic heterocycles. The van der Waals surface area contributed by atoms with Crippen molar-refractivity contribution in [1.82, 2.24) is 10.1 Å². The summed E-state index contributed by atoms with van der Waals surface area (Å²) >= 11 is 0. The summed E-state index contributed by atoms with van der Waals surface area (Å²) in [6.45, 7) is 4.89. The Labute approximate surface area is 77.3 Å². The largest absolute Gasteiger partial charge is 0.378 e. The van der Waals surface area contributed by atoms with Crippen molar-refractivity contribution in [2.45, 2.75) is 32.9 Å². The van der Waals surface area contributed by atoms with Crippen LogP contribution in [0.1, 0.15) is 25.6 Å². The summed E-state index contributed by atoms with van der Waals surface area (Å²) in [6, 6.07) is 0. The Hall–Kier alpha value is -0.940. The normalized spacial score (nSPS) is 11.1. The molecule has 0 amide bonds. The first-order chi connectivity index (χ1) is 6.22. The molecule has 0 spiro atoms. The minimum absolute atomic E-state index is 0.233. The summed E-state index contributed by atoms with van der Waals surface area (Å²) in [4.78, 5) is 4.04. The van der Waals surface area contributed by atoms with E-state index in [4.69, 9.17) is 15.0 Å². The molecule has 0 atom stereocenters. The van der Waals surface area contributed by atoms with Gasteiger partial charge < -0.3 is 15.0 Å². The number of ether oxygens (including phenoxy) is 1. The molecule has 5 heteroatoms. The van der Waals surface area contributed by atoms with Gasteiger partial charge in [-0.15, -0.1) is 0 Å². The Morgan fingerprint density at radius 1 is 1.54 bits per heavy atom. The van der Waals surface area contributed by atoms with Crippen LogP contribution in [0.15, 0.2) is 4.52 Å². The van der Waals surface area contributed by atoms with Crippen molar-refractivity contribution < 1.29 is 9.26 Å². The van der Waals surface area contributed by atoms with Crippen LogP contribution >= 0.6 is 0 Å². The number of hydrogen-bond donors (Lipinski definition) is 1. The van der Waals surface area contributed by atoms with E-state index in [-0.39, 0.29) is 6.10 Å². The monoisotopic (exact) mass is 185 g/mol. The molecule has 74 valence electrons. The van der Waals surface area contributed by atoms with Crippen molar-refractivity contribution in [2.75, 3.05) is 6.61 Å². The quantitative estimate of drug-likeness (QED) is 0.722. The van der Waals surface area contributed by atoms with Crippen LogP contribution in [0.4, 0.5) is 0 Å². The van der Waals surface area contributed by atoms with E-state index in [2.05, 4.69) is 10.1 Å². The molecule has 0 unspecified atom stereocenters. The number of aromatic nitrogens is 2. The highest BCUT2D eigenvalue weighted by atomic mass is 16.5. The molecule has 5 nitrogen and oxygen atoms in total. The van der Waals surface area contributed by atoms with Gasteiger partial charge in [-0.1, -0.05) is 5.16 Å². The lowest BCUT2D eigenvalue weighted by molar-refractivity contribution is 0.0773. The van der Waals surface area contributed by atoms with E-state index in [9.17, 15) is 0 Å². The van der Waals surface area contributed by atoms with Gasteiger partial charge in [0, 0.05) is 0 Å². The highest BCUT2D eigenvalue weighted by Gasteiger charge is 2.04. The number of hydrogen-bond acceptors (Lipinski definition) is 5. The molecule has 1 rings (SSSR count). The molecule has 1 aromatic rings. The Bertz CT molecular complexity index is 247. The summed E-state index contributed by atoms with van der Waals surface area (Å²) in [5.74, 6) is 1.13. The minimum Gasteiger partial charge on any atom is -0.378 e. The van der Waals surface area contributed by atoms with Crippen LogP contribution in [0, 0.1) is 0 Å². The van der Waals surface area contributed by atoms with Crippen LogP contribution in [-0.4, -0.2) is 22.9 Å². The minimum atomic E-state index is 0.233. The number of rotatable bonds is 5. The maximum atomic E-state index is 5.33. The van der Waals surface area contributed by atoms with Gasteiger partial charge in [-0.3, -0.25) is 0 Å². The summed E-state index contributed by atoms with van der Waals surface area (Å²) < 4.78 is 10.2. The van der Waals surface area contributed by atoms with Crippen LogP contribution in [0.2, 0.25) is 0 Å². The molecular formula is C8H15N3O2. The lowest BCUT2D eigenvalue weighted by Gasteiger charge is -2.03. The molecule has 13 heavy (non-hydrogen) atoms. The molecule has 0 aliphatic carbocycles. The van der Waals surface area contributed by atoms with Gasteiger partial charge in [0.1, 0.15) is 0 Å². The van der Waals surface area contributed by atoms with Gasteiger partial charge in [0.25, 0.3) is 0 Å². The standard InChI is InChI=1S/C8H15N3O2/c1-6(2)12-4-3-8-10-7(5-9)11-13-8/h6H,3-5,9H2,1-2H3. The van der Waals surface area contributed by atoms with Gasteiger partial charge in [-0.2, -0.15) is 4.98 Å². The Morgan fingerprint density at radius 2 is 2.31 bits per heavy atom. The molecule has 0 fully saturated rings. The highest BCUT2D eigenvalue weighted by Crippen LogP contribution is 1.98. The Kier molecular flexibility index (Phi) is 3.85. The zero-order valence-electron chi connectivity index (χ0n) is 7.99. The molecule has 2 N–H and O–H groups in total. The van der Waals surface area contributed by atoms with Crippen LogP contribution in [-0.2, 0) is 17.7 Å². The molecule has 0 saturated heterocycles. The second-order valence-corrected chi connectivity index (χ2v) is 2.98. The first kappa shape index (κ1) is 10.1. The average Bonchev–Trinajstić information content (AvgIpc) is 2.52. The summed E-state index contributed by atoms with van der Waals surface area (Å²) in [5.41, 5.74) is 5.32. The first-order valence-corrected chi connectivity index (χ1v) is 4.35. The second kappa shape index (κ2) is 4.94. The summed E-state index contributed by atoms with van der Waals surface area (Å²) in [7, 11) is 0. The maximum Gasteiger partial charge on any atom is 0.229 e. The van der Waals surface area contributed by atoms with E-state index in [1.807, 2.05) is 13.8 Å². The fourth-order valence-corrected chi connectivity index (χ4v) is 0.857. The van der Waals surface area contributed by atoms with E-state index in [0.717, 1.165) is 0 Å². The zero-order valence-corrected chi connectivity index (χ0v) is 7.99. The van der Waals surface area contributed by atoms with Gasteiger partial charge in [-0.05, 0) is 13.8 Å². The molecule has 0 saturated carbocycles. The summed E-state index contributed by atoms with van der Waals surface area (Å²) in [5, 5.41) is 3.67. The third kappa shape index (κ3) is 3.52. The smallest absolute Gasteiger partial charge is 0.229 e. The number of nitrogens with zero attached hydrogens (tertiary/aromatic N) is 2. The van der Waals surface area contributed by atoms with Crippen LogP contribution in [0.5, 0.6) is 0 Å². The van der Waals surface area contributed by atoms with Gasteiger partial charge in [0.05, 0.1) is 25.7 Å². The molecule has 1 heterocycles. The van der Waals surface area contributed by atoms with Crippen molar-refractivity contribution in [2.24, 2.45) is 5.73 Å². The maximum absolute atomic E-state index is 5.33. The van der Waals surface area contributed by atoms with E-state index in [1.165, 1.54) is 0 Å². The molecular weight excluding hydrogens is 170 g/mol. The van der Waals surface area contributed by atoms with Crippen LogP contribution in [0.3, 0.4) is 0 Å². The lowest BCUT2D eigenvalue weighted by atomic mass is 10.4. The van der Waals surface area contributed by atoms with E-state index >= 15 is 0 Å². The van der Waals surface area contributed by atoms with Crippen molar-refractivity contribution >= 4 is 0 Å². The molecule has 0 aliphatic rings. The topological polar surface area (TPSA) is 74.2 Å². The predicted octanol–water partition coefficient (Wildman–Crippen LogP) is 0.496. The van der Waals surface area contributed by atoms with Gasteiger partial charge in [0.2, 0.25) is 5.89 Å². The fraction of sp³-hybridized carbons (Fsp3) is 0.750. The Morgan fingerprint density at radius 3 is 2.85 bits per heavy atom. The van der Waals surface area contributed by atoms with Crippen molar-refractivity contribution in [1.29, 1.82) is 0 Å². The van der Waals surface area contributed by atoms with E-state index < -0.39 is 0 Å². The van der Waals surface area contributed by atoms with Crippen molar-refractivity contribution in [3.63, 3.8) is 0 Å². The summed E-state index contributed by atoms with van der Waals surface area (Å²) in [6.07, 6.45) is 0.877. The fourth-order valence-electron chi connectivity index (χ4n) is 0.857. The van der Waals surface area contributed by atoms with E-state index in [1.54, 1.807) is 0 Å². The molecule has 0 aliphatic heterocycles. The Balaban J connectivity index is 2.28. The van der Waals surface area contributed by atoms with Gasteiger partial charge in [0.15, 0.2) is 5.82 Å². The van der Waals surface area contributed by atoms with Gasteiger partial charge in [-0.25, -0.2) is 0 Å². The van der Waals surface area contributed by atoms with Gasteiger partial charge >= 0.3 is 0 Å². The molecule has 0 aromatic carbocycles. The lowest BCUT2D eigenvalue weighted by Crippen LogP contribution is -2.06. The van der Waals surface area contributed by atoms with Crippen LogP contribution in [0.25, 0.3) is 0 Å². The van der Waals surface area contributed by atoms with Crippen LogP contribution < -0.4 is 5.73 Å². The molecule has 0 bridgehead atoms.